The van der Waals surface area contributed by atoms with Crippen LogP contribution in [-0.2, 0) is 4.43 Å². The molecule has 0 saturated heterocycles. The van der Waals surface area contributed by atoms with E-state index >= 15 is 0 Å². The highest BCUT2D eigenvalue weighted by atomic mass is 28.4. The first-order valence-corrected chi connectivity index (χ1v) is 16.9. The summed E-state index contributed by atoms with van der Waals surface area (Å²) in [5.74, 6) is 0.257. The van der Waals surface area contributed by atoms with E-state index in [1.807, 2.05) is 13.8 Å². The first-order valence-electron chi connectivity index (χ1n) is 10.4. The first kappa shape index (κ1) is 27.3. The van der Waals surface area contributed by atoms with Gasteiger partial charge in [-0.2, -0.15) is 0 Å². The zero-order valence-corrected chi connectivity index (χ0v) is 22.6. The van der Waals surface area contributed by atoms with Gasteiger partial charge in [0.1, 0.15) is 0 Å². The fraction of sp³-hybridized carbons (Fsp3) is 0.667. The summed E-state index contributed by atoms with van der Waals surface area (Å²) < 4.78 is 6.80. The smallest absolute Gasteiger partial charge is 0.192 e. The highest BCUT2D eigenvalue weighted by molar-refractivity contribution is 6.81. The van der Waals surface area contributed by atoms with Gasteiger partial charge in [-0.05, 0) is 50.0 Å². The van der Waals surface area contributed by atoms with Gasteiger partial charge < -0.3 is 9.53 Å². The Morgan fingerprint density at radius 3 is 1.93 bits per heavy atom. The van der Waals surface area contributed by atoms with Crippen molar-refractivity contribution in [3.63, 3.8) is 0 Å². The van der Waals surface area contributed by atoms with Gasteiger partial charge in [-0.1, -0.05) is 83.4 Å². The van der Waals surface area contributed by atoms with Crippen LogP contribution in [0, 0.1) is 5.92 Å². The maximum atomic E-state index is 10.2. The topological polar surface area (TPSA) is 29.5 Å². The minimum Gasteiger partial charge on any atom is -0.410 e. The lowest BCUT2D eigenvalue weighted by molar-refractivity contribution is 0.189. The van der Waals surface area contributed by atoms with E-state index in [1.54, 1.807) is 0 Å². The molecule has 1 unspecified atom stereocenters. The average molecular weight is 423 g/mol. The van der Waals surface area contributed by atoms with Crippen molar-refractivity contribution < 1.29 is 9.53 Å². The average Bonchev–Trinajstić information content (AvgIpc) is 2.47. The molecule has 0 aliphatic rings. The number of hydrogen-bond donors (Lipinski definition) is 1. The number of allylic oxidation sites excluding steroid dienone is 2. The molecule has 0 bridgehead atoms. The van der Waals surface area contributed by atoms with Gasteiger partial charge >= 0.3 is 0 Å². The number of aliphatic hydroxyl groups is 1. The predicted octanol–water partition coefficient (Wildman–Crippen LogP) is 7.28. The zero-order valence-electron chi connectivity index (χ0n) is 20.6. The molecule has 162 valence electrons. The number of aliphatic hydroxyl groups excluding tert-OH is 1. The lowest BCUT2D eigenvalue weighted by Gasteiger charge is -2.40. The molecular weight excluding hydrogens is 376 g/mol. The van der Waals surface area contributed by atoms with Gasteiger partial charge in [0, 0.05) is 5.92 Å². The summed E-state index contributed by atoms with van der Waals surface area (Å²) in [6, 6.07) is 0. The second kappa shape index (κ2) is 10.4. The highest BCUT2D eigenvalue weighted by Crippen LogP contribution is 2.38. The van der Waals surface area contributed by atoms with Crippen LogP contribution in [0.2, 0.25) is 37.8 Å². The molecule has 0 spiro atoms. The van der Waals surface area contributed by atoms with E-state index in [2.05, 4.69) is 97.9 Å². The Labute approximate surface area is 177 Å². The molecule has 0 heterocycles. The van der Waals surface area contributed by atoms with Gasteiger partial charge in [0.15, 0.2) is 8.32 Å². The van der Waals surface area contributed by atoms with E-state index in [4.69, 9.17) is 4.43 Å². The number of rotatable bonds is 9. The molecule has 2 nitrogen and oxygen atoms in total. The molecule has 0 fully saturated rings. The highest BCUT2D eigenvalue weighted by Gasteiger charge is 2.39. The zero-order chi connectivity index (χ0) is 22.5. The molecule has 0 aromatic rings. The standard InChI is InChI=1S/C24H46O2Si2/c1-18(2)23(25)21(5)17-19(3)16-20(4)22(14-15-27(9,10)11)26-28(12,13)24(6,7)8/h14-17,20,22-23,25H,1H2,2-13H3/b15-14+,19-16+,21-17+/t20-,22-,23?/m1/s1. The molecule has 0 saturated carbocycles. The quantitative estimate of drug-likeness (QED) is 0.240. The van der Waals surface area contributed by atoms with E-state index in [0.29, 0.717) is 0 Å². The molecule has 28 heavy (non-hydrogen) atoms. The third-order valence-electron chi connectivity index (χ3n) is 5.42. The van der Waals surface area contributed by atoms with Crippen molar-refractivity contribution >= 4 is 16.4 Å². The monoisotopic (exact) mass is 422 g/mol. The second-order valence-electron chi connectivity index (χ2n) is 11.0. The lowest BCUT2D eigenvalue weighted by Crippen LogP contribution is -2.45. The molecular formula is C24H46O2Si2. The van der Waals surface area contributed by atoms with Crippen molar-refractivity contribution in [1.82, 2.24) is 0 Å². The van der Waals surface area contributed by atoms with E-state index in [0.717, 1.165) is 16.7 Å². The van der Waals surface area contributed by atoms with E-state index in [-0.39, 0.29) is 17.1 Å². The van der Waals surface area contributed by atoms with Crippen molar-refractivity contribution in [1.29, 1.82) is 0 Å². The fourth-order valence-corrected chi connectivity index (χ4v) is 4.70. The lowest BCUT2D eigenvalue weighted by atomic mass is 9.99. The van der Waals surface area contributed by atoms with Gasteiger partial charge in [0.05, 0.1) is 20.3 Å². The molecule has 0 rings (SSSR count). The summed E-state index contributed by atoms with van der Waals surface area (Å²) in [5.41, 5.74) is 5.24. The Morgan fingerprint density at radius 2 is 1.54 bits per heavy atom. The Hall–Kier alpha value is -0.686. The van der Waals surface area contributed by atoms with Gasteiger partial charge in [-0.15, -0.1) is 0 Å². The third-order valence-corrected chi connectivity index (χ3v) is 11.1. The summed E-state index contributed by atoms with van der Waals surface area (Å²) in [7, 11) is -3.18. The molecule has 0 amide bonds. The van der Waals surface area contributed by atoms with Gasteiger partial charge in [-0.3, -0.25) is 0 Å². The molecule has 0 aliphatic carbocycles. The Morgan fingerprint density at radius 1 is 1.04 bits per heavy atom. The molecule has 3 atom stereocenters. The predicted molar refractivity (Wildman–Crippen MR) is 132 cm³/mol. The SMILES string of the molecule is C=C(C)C(O)/C(C)=C/C(C)=C/[C@@H](C)[C@@H](/C=C/[Si](C)(C)C)O[Si](C)(C)C(C)(C)C. The minimum atomic E-state index is -1.88. The largest absolute Gasteiger partial charge is 0.410 e. The van der Waals surface area contributed by atoms with E-state index in [1.165, 1.54) is 0 Å². The van der Waals surface area contributed by atoms with Crippen molar-refractivity contribution in [3.05, 3.63) is 47.2 Å². The van der Waals surface area contributed by atoms with Crippen LogP contribution in [0.15, 0.2) is 47.2 Å². The fourth-order valence-electron chi connectivity index (χ4n) is 2.61. The molecule has 0 aliphatic heterocycles. The summed E-state index contributed by atoms with van der Waals surface area (Å²) in [5, 5.41) is 10.4. The maximum absolute atomic E-state index is 10.2. The normalized spacial score (nSPS) is 18.3. The van der Waals surface area contributed by atoms with Gasteiger partial charge in [0.2, 0.25) is 0 Å². The molecule has 0 aromatic heterocycles. The first-order chi connectivity index (χ1) is 12.4. The minimum absolute atomic E-state index is 0.0716. The van der Waals surface area contributed by atoms with Gasteiger partial charge in [-0.25, -0.2) is 0 Å². The van der Waals surface area contributed by atoms with Crippen molar-refractivity contribution in [2.75, 3.05) is 0 Å². The van der Waals surface area contributed by atoms with Crippen molar-refractivity contribution in [2.24, 2.45) is 5.92 Å². The summed E-state index contributed by atoms with van der Waals surface area (Å²) in [6.07, 6.45) is 6.12. The Bertz CT molecular complexity index is 613. The second-order valence-corrected chi connectivity index (χ2v) is 20.8. The maximum Gasteiger partial charge on any atom is 0.192 e. The third kappa shape index (κ3) is 9.68. The van der Waals surface area contributed by atoms with Crippen LogP contribution < -0.4 is 0 Å². The van der Waals surface area contributed by atoms with Gasteiger partial charge in [0.25, 0.3) is 0 Å². The summed E-state index contributed by atoms with van der Waals surface area (Å²) in [6.45, 7) is 30.5. The summed E-state index contributed by atoms with van der Waals surface area (Å²) >= 11 is 0. The summed E-state index contributed by atoms with van der Waals surface area (Å²) in [4.78, 5) is 0. The van der Waals surface area contributed by atoms with Crippen LogP contribution in [0.1, 0.15) is 48.5 Å². The molecule has 4 heteroatoms. The van der Waals surface area contributed by atoms with Crippen molar-refractivity contribution in [3.8, 4) is 0 Å². The number of hydrogen-bond acceptors (Lipinski definition) is 2. The van der Waals surface area contributed by atoms with Crippen LogP contribution in [0.25, 0.3) is 0 Å². The Balaban J connectivity index is 5.74. The van der Waals surface area contributed by atoms with Crippen LogP contribution in [0.5, 0.6) is 0 Å². The van der Waals surface area contributed by atoms with Crippen LogP contribution in [0.4, 0.5) is 0 Å². The van der Waals surface area contributed by atoms with Crippen LogP contribution in [-0.4, -0.2) is 33.7 Å². The molecule has 0 radical (unpaired) electrons. The van der Waals surface area contributed by atoms with Crippen molar-refractivity contribution in [2.45, 2.75) is 98.4 Å². The van der Waals surface area contributed by atoms with E-state index in [9.17, 15) is 5.11 Å². The van der Waals surface area contributed by atoms with Crippen LogP contribution >= 0.6 is 0 Å². The Kier molecular flexibility index (Phi) is 10.1. The molecule has 0 aromatic carbocycles. The van der Waals surface area contributed by atoms with Crippen LogP contribution in [0.3, 0.4) is 0 Å². The van der Waals surface area contributed by atoms with E-state index < -0.39 is 22.5 Å². The molecule has 1 N–H and O–H groups in total.